The molecule has 2 atom stereocenters. The van der Waals surface area contributed by atoms with E-state index in [1.807, 2.05) is 0 Å². The van der Waals surface area contributed by atoms with Crippen LogP contribution in [-0.4, -0.2) is 50.6 Å². The van der Waals surface area contributed by atoms with E-state index >= 15 is 0 Å². The van der Waals surface area contributed by atoms with E-state index in [0.717, 1.165) is 12.3 Å². The standard InChI is InChI=1S/C14H19FN2O6/c1-14(2,3)23-13(22)17-6-9(18)10(19)7-4-8(12(20)21)11(15)16-5-7/h4-5,9-10,18-19H,6H2,1-3H3,(H,17,22)(H,20,21). The number of nitrogens with zero attached hydrogens (tertiary/aromatic N) is 1. The van der Waals surface area contributed by atoms with Crippen LogP contribution in [0.3, 0.4) is 0 Å². The van der Waals surface area contributed by atoms with Gasteiger partial charge in [0.15, 0.2) is 0 Å². The molecule has 0 aliphatic rings. The number of hydrogen-bond acceptors (Lipinski definition) is 6. The second-order valence-corrected chi connectivity index (χ2v) is 5.81. The molecule has 0 aliphatic carbocycles. The van der Waals surface area contributed by atoms with Crippen LogP contribution in [-0.2, 0) is 4.74 Å². The van der Waals surface area contributed by atoms with Crippen LogP contribution in [0.5, 0.6) is 0 Å². The fourth-order valence-electron chi connectivity index (χ4n) is 1.61. The third-order valence-corrected chi connectivity index (χ3v) is 2.65. The molecule has 1 heterocycles. The average molecular weight is 330 g/mol. The Morgan fingerprint density at radius 3 is 2.52 bits per heavy atom. The highest BCUT2D eigenvalue weighted by molar-refractivity contribution is 5.87. The van der Waals surface area contributed by atoms with Crippen molar-refractivity contribution < 1.29 is 34.0 Å². The Hall–Kier alpha value is -2.26. The van der Waals surface area contributed by atoms with Crippen molar-refractivity contribution in [1.29, 1.82) is 0 Å². The number of alkyl carbamates (subject to hydrolysis) is 1. The summed E-state index contributed by atoms with van der Waals surface area (Å²) < 4.78 is 18.1. The molecule has 1 aromatic heterocycles. The van der Waals surface area contributed by atoms with Gasteiger partial charge in [0.1, 0.15) is 23.4 Å². The van der Waals surface area contributed by atoms with Gasteiger partial charge in [-0.3, -0.25) is 0 Å². The van der Waals surface area contributed by atoms with Crippen LogP contribution in [0, 0.1) is 5.95 Å². The van der Waals surface area contributed by atoms with Gasteiger partial charge in [-0.25, -0.2) is 14.6 Å². The van der Waals surface area contributed by atoms with Crippen molar-refractivity contribution in [3.63, 3.8) is 0 Å². The minimum absolute atomic E-state index is 0.0951. The molecule has 128 valence electrons. The zero-order valence-corrected chi connectivity index (χ0v) is 12.9. The molecule has 4 N–H and O–H groups in total. The topological polar surface area (TPSA) is 129 Å². The lowest BCUT2D eigenvalue weighted by atomic mass is 10.0. The van der Waals surface area contributed by atoms with Crippen molar-refractivity contribution >= 4 is 12.1 Å². The molecule has 1 aromatic rings. The van der Waals surface area contributed by atoms with Gasteiger partial charge in [0.25, 0.3) is 0 Å². The summed E-state index contributed by atoms with van der Waals surface area (Å²) in [5.41, 5.74) is -1.54. The number of aromatic nitrogens is 1. The summed E-state index contributed by atoms with van der Waals surface area (Å²) in [5, 5.41) is 30.8. The molecule has 1 rings (SSSR count). The number of ether oxygens (including phenoxy) is 1. The van der Waals surface area contributed by atoms with Gasteiger partial charge in [0, 0.05) is 18.3 Å². The van der Waals surface area contributed by atoms with Crippen LogP contribution < -0.4 is 5.32 Å². The zero-order valence-electron chi connectivity index (χ0n) is 12.9. The largest absolute Gasteiger partial charge is 0.478 e. The maximum absolute atomic E-state index is 13.2. The lowest BCUT2D eigenvalue weighted by Gasteiger charge is -2.22. The van der Waals surface area contributed by atoms with Crippen LogP contribution in [0.25, 0.3) is 0 Å². The van der Waals surface area contributed by atoms with E-state index in [1.165, 1.54) is 0 Å². The fourth-order valence-corrected chi connectivity index (χ4v) is 1.61. The fraction of sp³-hybridized carbons (Fsp3) is 0.500. The Bertz CT molecular complexity index is 587. The number of rotatable bonds is 5. The van der Waals surface area contributed by atoms with E-state index in [0.29, 0.717) is 0 Å². The normalized spacial score (nSPS) is 14.0. The van der Waals surface area contributed by atoms with E-state index in [4.69, 9.17) is 9.84 Å². The number of nitrogens with one attached hydrogen (secondary N) is 1. The molecular formula is C14H19FN2O6. The predicted molar refractivity (Wildman–Crippen MR) is 76.4 cm³/mol. The van der Waals surface area contributed by atoms with Crippen molar-refractivity contribution in [3.8, 4) is 0 Å². The van der Waals surface area contributed by atoms with Gasteiger partial charge < -0.3 is 25.4 Å². The minimum Gasteiger partial charge on any atom is -0.478 e. The van der Waals surface area contributed by atoms with Gasteiger partial charge in [0.05, 0.1) is 0 Å². The van der Waals surface area contributed by atoms with Crippen LogP contribution in [0.2, 0.25) is 0 Å². The highest BCUT2D eigenvalue weighted by atomic mass is 19.1. The van der Waals surface area contributed by atoms with Gasteiger partial charge in [-0.15, -0.1) is 0 Å². The van der Waals surface area contributed by atoms with Gasteiger partial charge in [-0.2, -0.15) is 4.39 Å². The molecule has 0 saturated heterocycles. The molecule has 23 heavy (non-hydrogen) atoms. The molecule has 0 aliphatic heterocycles. The monoisotopic (exact) mass is 330 g/mol. The number of amides is 1. The van der Waals surface area contributed by atoms with Crippen LogP contribution in [0.1, 0.15) is 42.8 Å². The average Bonchev–Trinajstić information content (AvgIpc) is 2.42. The highest BCUT2D eigenvalue weighted by Gasteiger charge is 2.23. The molecule has 0 saturated carbocycles. The van der Waals surface area contributed by atoms with E-state index in [1.54, 1.807) is 20.8 Å². The molecule has 0 fully saturated rings. The van der Waals surface area contributed by atoms with Gasteiger partial charge in [0.2, 0.25) is 5.95 Å². The molecule has 8 nitrogen and oxygen atoms in total. The number of pyridine rings is 1. The highest BCUT2D eigenvalue weighted by Crippen LogP contribution is 2.18. The molecule has 0 bridgehead atoms. The number of carbonyl (C=O) groups excluding carboxylic acids is 1. The number of aromatic carboxylic acids is 1. The van der Waals surface area contributed by atoms with Crippen LogP contribution in [0.4, 0.5) is 9.18 Å². The molecule has 2 unspecified atom stereocenters. The van der Waals surface area contributed by atoms with Crippen molar-refractivity contribution in [2.75, 3.05) is 6.54 Å². The molecule has 1 amide bonds. The Morgan fingerprint density at radius 1 is 1.39 bits per heavy atom. The number of carbonyl (C=O) groups is 2. The summed E-state index contributed by atoms with van der Waals surface area (Å²) in [4.78, 5) is 25.5. The van der Waals surface area contributed by atoms with Gasteiger partial charge in [-0.05, 0) is 26.8 Å². The second-order valence-electron chi connectivity index (χ2n) is 5.81. The number of hydrogen-bond donors (Lipinski definition) is 4. The number of carboxylic acid groups (broad SMARTS) is 1. The third-order valence-electron chi connectivity index (χ3n) is 2.65. The summed E-state index contributed by atoms with van der Waals surface area (Å²) in [6.07, 6.45) is -2.90. The summed E-state index contributed by atoms with van der Waals surface area (Å²) in [5.74, 6) is -2.75. The molecule has 9 heteroatoms. The summed E-state index contributed by atoms with van der Waals surface area (Å²) in [6, 6.07) is 0.867. The number of carboxylic acids is 1. The zero-order chi connectivity index (χ0) is 17.8. The van der Waals surface area contributed by atoms with E-state index in [9.17, 15) is 24.2 Å². The van der Waals surface area contributed by atoms with Crippen LogP contribution in [0.15, 0.2) is 12.3 Å². The molecule has 0 spiro atoms. The maximum atomic E-state index is 13.2. The maximum Gasteiger partial charge on any atom is 0.407 e. The number of aliphatic hydroxyl groups excluding tert-OH is 2. The van der Waals surface area contributed by atoms with Crippen LogP contribution >= 0.6 is 0 Å². The first-order valence-electron chi connectivity index (χ1n) is 6.73. The minimum atomic E-state index is -1.56. The molecule has 0 radical (unpaired) electrons. The SMILES string of the molecule is CC(C)(C)OC(=O)NCC(O)C(O)c1cnc(F)c(C(=O)O)c1. The number of halogens is 1. The summed E-state index contributed by atoms with van der Waals surface area (Å²) in [7, 11) is 0. The quantitative estimate of drug-likeness (QED) is 0.589. The Balaban J connectivity index is 2.70. The Labute approximate surface area is 131 Å². The van der Waals surface area contributed by atoms with E-state index in [2.05, 4.69) is 10.3 Å². The molecular weight excluding hydrogens is 311 g/mol. The Morgan fingerprint density at radius 2 is 2.00 bits per heavy atom. The lowest BCUT2D eigenvalue weighted by molar-refractivity contribution is 0.0127. The lowest BCUT2D eigenvalue weighted by Crippen LogP contribution is -2.38. The predicted octanol–water partition coefficient (Wildman–Crippen LogP) is 0.838. The number of aliphatic hydroxyl groups is 2. The van der Waals surface area contributed by atoms with Crippen molar-refractivity contribution in [3.05, 3.63) is 29.3 Å². The first-order chi connectivity index (χ1) is 10.5. The smallest absolute Gasteiger partial charge is 0.407 e. The molecule has 0 aromatic carbocycles. The van der Waals surface area contributed by atoms with Crippen molar-refractivity contribution in [2.24, 2.45) is 0 Å². The third kappa shape index (κ3) is 5.80. The first kappa shape index (κ1) is 18.8. The Kier molecular flexibility index (Phi) is 5.99. The van der Waals surface area contributed by atoms with Crippen molar-refractivity contribution in [1.82, 2.24) is 10.3 Å². The second kappa shape index (κ2) is 7.34. The first-order valence-corrected chi connectivity index (χ1v) is 6.73. The van der Waals surface area contributed by atoms with Crippen molar-refractivity contribution in [2.45, 2.75) is 38.6 Å². The summed E-state index contributed by atoms with van der Waals surface area (Å²) in [6.45, 7) is 4.64. The van der Waals surface area contributed by atoms with E-state index in [-0.39, 0.29) is 12.1 Å². The van der Waals surface area contributed by atoms with Gasteiger partial charge >= 0.3 is 12.1 Å². The van der Waals surface area contributed by atoms with E-state index < -0.39 is 41.4 Å². The summed E-state index contributed by atoms with van der Waals surface area (Å²) >= 11 is 0. The van der Waals surface area contributed by atoms with Gasteiger partial charge in [-0.1, -0.05) is 0 Å².